The largest absolute Gasteiger partial charge is 0.205 e. The van der Waals surface area contributed by atoms with E-state index in [0.29, 0.717) is 15.6 Å². The number of halogens is 3. The van der Waals surface area contributed by atoms with Gasteiger partial charge in [-0.1, -0.05) is 29.0 Å². The van der Waals surface area contributed by atoms with Gasteiger partial charge < -0.3 is 0 Å². The molecule has 0 aliphatic rings. The number of rotatable bonds is 2. The van der Waals surface area contributed by atoms with Crippen molar-refractivity contribution in [3.05, 3.63) is 34.0 Å². The summed E-state index contributed by atoms with van der Waals surface area (Å²) in [5, 5.41) is 8.78. The highest BCUT2D eigenvalue weighted by Gasteiger charge is 2.15. The predicted molar refractivity (Wildman–Crippen MR) is 64.6 cm³/mol. The normalized spacial score (nSPS) is 12.8. The molecule has 2 nitrogen and oxygen atoms in total. The number of nitrogens with zero attached hydrogens (tertiary/aromatic N) is 2. The lowest BCUT2D eigenvalue weighted by molar-refractivity contribution is 0.631. The second kappa shape index (κ2) is 4.65. The fourth-order valence-corrected chi connectivity index (χ4v) is 2.32. The summed E-state index contributed by atoms with van der Waals surface area (Å²) >= 11 is 12.8. The minimum absolute atomic E-state index is 0.0770. The molecule has 1 heterocycles. The highest BCUT2D eigenvalue weighted by atomic mass is 35.5. The van der Waals surface area contributed by atoms with Gasteiger partial charge in [0.15, 0.2) is 10.8 Å². The molecule has 1 aromatic heterocycles. The van der Waals surface area contributed by atoms with E-state index < -0.39 is 5.82 Å². The van der Waals surface area contributed by atoms with Gasteiger partial charge >= 0.3 is 0 Å². The van der Waals surface area contributed by atoms with Crippen LogP contribution < -0.4 is 0 Å². The maximum absolute atomic E-state index is 13.7. The lowest BCUT2D eigenvalue weighted by Crippen LogP contribution is -1.84. The first-order valence-corrected chi connectivity index (χ1v) is 6.14. The van der Waals surface area contributed by atoms with E-state index in [0.717, 1.165) is 0 Å². The first kappa shape index (κ1) is 11.8. The van der Waals surface area contributed by atoms with Gasteiger partial charge in [0.2, 0.25) is 0 Å². The minimum Gasteiger partial charge on any atom is -0.205 e. The number of aromatic nitrogens is 2. The number of benzene rings is 1. The summed E-state index contributed by atoms with van der Waals surface area (Å²) in [7, 11) is 0. The van der Waals surface area contributed by atoms with E-state index in [4.69, 9.17) is 23.2 Å². The molecule has 2 aromatic rings. The summed E-state index contributed by atoms with van der Waals surface area (Å²) in [6, 6.07) is 4.78. The molecule has 0 saturated carbocycles. The van der Waals surface area contributed by atoms with Crippen LogP contribution in [0.4, 0.5) is 4.39 Å². The van der Waals surface area contributed by atoms with Crippen LogP contribution in [0.1, 0.15) is 17.3 Å². The third kappa shape index (κ3) is 2.19. The standard InChI is InChI=1S/C10H7Cl2FN2S/c1-5(11)9-14-15-10(16-9)6-3-2-4-7(12)8(6)13/h2-5H,1H3. The van der Waals surface area contributed by atoms with Crippen LogP contribution in [0.3, 0.4) is 0 Å². The highest BCUT2D eigenvalue weighted by molar-refractivity contribution is 7.15. The van der Waals surface area contributed by atoms with Crippen molar-refractivity contribution in [2.75, 3.05) is 0 Å². The van der Waals surface area contributed by atoms with Gasteiger partial charge in [-0.05, 0) is 19.1 Å². The quantitative estimate of drug-likeness (QED) is 0.765. The second-order valence-electron chi connectivity index (χ2n) is 3.16. The molecule has 16 heavy (non-hydrogen) atoms. The summed E-state index contributed by atoms with van der Waals surface area (Å²) in [6.07, 6.45) is 0. The Morgan fingerprint density at radius 3 is 2.75 bits per heavy atom. The van der Waals surface area contributed by atoms with Crippen molar-refractivity contribution in [3.63, 3.8) is 0 Å². The summed E-state index contributed by atoms with van der Waals surface area (Å²) in [5.41, 5.74) is 0.355. The highest BCUT2D eigenvalue weighted by Crippen LogP contribution is 2.32. The zero-order valence-corrected chi connectivity index (χ0v) is 10.6. The number of hydrogen-bond acceptors (Lipinski definition) is 3. The molecule has 0 amide bonds. The maximum atomic E-state index is 13.7. The molecule has 2 rings (SSSR count). The van der Waals surface area contributed by atoms with Crippen LogP contribution >= 0.6 is 34.5 Å². The average molecular weight is 277 g/mol. The molecule has 0 spiro atoms. The SMILES string of the molecule is CC(Cl)c1nnc(-c2cccc(Cl)c2F)s1. The molecular formula is C10H7Cl2FN2S. The summed E-state index contributed by atoms with van der Waals surface area (Å²) in [6.45, 7) is 1.79. The number of hydrogen-bond donors (Lipinski definition) is 0. The molecule has 6 heteroatoms. The Morgan fingerprint density at radius 1 is 1.38 bits per heavy atom. The summed E-state index contributed by atoms with van der Waals surface area (Å²) < 4.78 is 13.7. The lowest BCUT2D eigenvalue weighted by atomic mass is 10.2. The molecule has 1 aromatic carbocycles. The zero-order chi connectivity index (χ0) is 11.7. The Hall–Kier alpha value is -0.710. The van der Waals surface area contributed by atoms with E-state index >= 15 is 0 Å². The molecule has 0 bridgehead atoms. The van der Waals surface area contributed by atoms with E-state index in [1.54, 1.807) is 19.1 Å². The van der Waals surface area contributed by atoms with E-state index in [9.17, 15) is 4.39 Å². The van der Waals surface area contributed by atoms with Gasteiger partial charge in [-0.25, -0.2) is 4.39 Å². The van der Waals surface area contributed by atoms with Crippen LogP contribution in [0.2, 0.25) is 5.02 Å². The molecule has 1 atom stereocenters. The van der Waals surface area contributed by atoms with Crippen molar-refractivity contribution in [1.82, 2.24) is 10.2 Å². The number of alkyl halides is 1. The summed E-state index contributed by atoms with van der Waals surface area (Å²) in [5.74, 6) is -0.478. The van der Waals surface area contributed by atoms with Crippen molar-refractivity contribution in [1.29, 1.82) is 0 Å². The Morgan fingerprint density at radius 2 is 2.12 bits per heavy atom. The average Bonchev–Trinajstić information content (AvgIpc) is 2.71. The van der Waals surface area contributed by atoms with Crippen LogP contribution in [-0.2, 0) is 0 Å². The molecule has 0 N–H and O–H groups in total. The first-order chi connectivity index (χ1) is 7.59. The molecule has 0 fully saturated rings. The van der Waals surface area contributed by atoms with Gasteiger partial charge in [0, 0.05) is 5.56 Å². The Balaban J connectivity index is 2.47. The third-order valence-corrected chi connectivity index (χ3v) is 3.73. The Kier molecular flexibility index (Phi) is 3.42. The molecule has 1 unspecified atom stereocenters. The van der Waals surface area contributed by atoms with E-state index in [1.165, 1.54) is 17.4 Å². The molecule has 0 radical (unpaired) electrons. The van der Waals surface area contributed by atoms with Gasteiger partial charge in [-0.15, -0.1) is 21.8 Å². The van der Waals surface area contributed by atoms with Crippen LogP contribution in [0.5, 0.6) is 0 Å². The second-order valence-corrected chi connectivity index (χ2v) is 5.23. The van der Waals surface area contributed by atoms with Gasteiger partial charge in [-0.2, -0.15) is 0 Å². The van der Waals surface area contributed by atoms with E-state index in [-0.39, 0.29) is 10.4 Å². The first-order valence-electron chi connectivity index (χ1n) is 4.51. The lowest BCUT2D eigenvalue weighted by Gasteiger charge is -1.99. The monoisotopic (exact) mass is 276 g/mol. The van der Waals surface area contributed by atoms with Gasteiger partial charge in [0.25, 0.3) is 0 Å². The van der Waals surface area contributed by atoms with Crippen molar-refractivity contribution in [3.8, 4) is 10.6 Å². The van der Waals surface area contributed by atoms with E-state index in [1.807, 2.05) is 0 Å². The Labute approximate surface area is 106 Å². The van der Waals surface area contributed by atoms with Crippen molar-refractivity contribution in [2.24, 2.45) is 0 Å². The predicted octanol–water partition coefficient (Wildman–Crippen LogP) is 4.30. The fourth-order valence-electron chi connectivity index (χ4n) is 1.17. The van der Waals surface area contributed by atoms with Crippen molar-refractivity contribution in [2.45, 2.75) is 12.3 Å². The van der Waals surface area contributed by atoms with Crippen LogP contribution in [-0.4, -0.2) is 10.2 Å². The van der Waals surface area contributed by atoms with Gasteiger partial charge in [0.1, 0.15) is 5.01 Å². The molecule has 84 valence electrons. The van der Waals surface area contributed by atoms with Crippen molar-refractivity contribution < 1.29 is 4.39 Å². The maximum Gasteiger partial charge on any atom is 0.152 e. The van der Waals surface area contributed by atoms with Gasteiger partial charge in [-0.3, -0.25) is 0 Å². The molecule has 0 saturated heterocycles. The molecular weight excluding hydrogens is 270 g/mol. The molecule has 0 aliphatic carbocycles. The topological polar surface area (TPSA) is 25.8 Å². The Bertz CT molecular complexity index is 513. The third-order valence-electron chi connectivity index (χ3n) is 1.96. The minimum atomic E-state index is -0.478. The summed E-state index contributed by atoms with van der Waals surface area (Å²) in [4.78, 5) is 0. The van der Waals surface area contributed by atoms with Crippen molar-refractivity contribution >= 4 is 34.5 Å². The van der Waals surface area contributed by atoms with Crippen LogP contribution in [0.25, 0.3) is 10.6 Å². The van der Waals surface area contributed by atoms with Crippen LogP contribution in [0, 0.1) is 5.82 Å². The fraction of sp³-hybridized carbons (Fsp3) is 0.200. The smallest absolute Gasteiger partial charge is 0.152 e. The van der Waals surface area contributed by atoms with Gasteiger partial charge in [0.05, 0.1) is 10.4 Å². The molecule has 0 aliphatic heterocycles. The zero-order valence-electron chi connectivity index (χ0n) is 8.25. The van der Waals surface area contributed by atoms with Crippen LogP contribution in [0.15, 0.2) is 18.2 Å². The van der Waals surface area contributed by atoms with E-state index in [2.05, 4.69) is 10.2 Å².